The number of carbonyl (C=O) groups excluding carboxylic acids is 3. The van der Waals surface area contributed by atoms with Gasteiger partial charge in [-0.2, -0.15) is 0 Å². The van der Waals surface area contributed by atoms with Crippen LogP contribution in [0.3, 0.4) is 0 Å². The topological polar surface area (TPSA) is 57.7 Å². The molecule has 3 heterocycles. The number of amides is 3. The van der Waals surface area contributed by atoms with Gasteiger partial charge in [0.15, 0.2) is 0 Å². The zero-order valence-corrected chi connectivity index (χ0v) is 12.2. The quantitative estimate of drug-likeness (QED) is 0.599. The molecule has 1 aromatic carbocycles. The second-order valence-corrected chi connectivity index (χ2v) is 6.15. The van der Waals surface area contributed by atoms with Crippen molar-refractivity contribution in [1.29, 1.82) is 0 Å². The molecule has 0 unspecified atom stereocenters. The summed E-state index contributed by atoms with van der Waals surface area (Å²) in [7, 11) is 1.71. The molecule has 22 heavy (non-hydrogen) atoms. The predicted octanol–water partition coefficient (Wildman–Crippen LogP) is 0.814. The van der Waals surface area contributed by atoms with Crippen LogP contribution in [0.25, 0.3) is 0 Å². The van der Waals surface area contributed by atoms with Gasteiger partial charge < -0.3 is 4.90 Å². The molecule has 0 saturated carbocycles. The minimum Gasteiger partial charge on any atom is -0.338 e. The lowest BCUT2D eigenvalue weighted by Crippen LogP contribution is -2.57. The van der Waals surface area contributed by atoms with E-state index < -0.39 is 17.8 Å². The number of carbonyl (C=O) groups is 3. The van der Waals surface area contributed by atoms with Gasteiger partial charge in [-0.15, -0.1) is 0 Å². The molecule has 3 aliphatic heterocycles. The average Bonchev–Trinajstić information content (AvgIpc) is 2.79. The predicted molar refractivity (Wildman–Crippen MR) is 78.2 cm³/mol. The number of likely N-dealkylation sites (N-methyl/N-ethyl adjacent to an activating group) is 1. The molecule has 0 radical (unpaired) electrons. The Morgan fingerprint density at radius 2 is 1.59 bits per heavy atom. The summed E-state index contributed by atoms with van der Waals surface area (Å²) in [6.07, 6.45) is 3.69. The van der Waals surface area contributed by atoms with Crippen LogP contribution in [0.4, 0.5) is 0 Å². The molecule has 1 aliphatic carbocycles. The molecule has 5 nitrogen and oxygen atoms in total. The van der Waals surface area contributed by atoms with Gasteiger partial charge in [0.2, 0.25) is 17.7 Å². The Labute approximate surface area is 128 Å². The van der Waals surface area contributed by atoms with E-state index in [1.165, 1.54) is 4.90 Å². The Morgan fingerprint density at radius 1 is 0.909 bits per heavy atom. The molecule has 3 amide bonds. The van der Waals surface area contributed by atoms with Crippen LogP contribution in [0.5, 0.6) is 0 Å². The first-order valence-corrected chi connectivity index (χ1v) is 7.44. The summed E-state index contributed by atoms with van der Waals surface area (Å²) in [5.41, 5.74) is 0.919. The highest BCUT2D eigenvalue weighted by atomic mass is 16.2. The number of hydrogen-bond donors (Lipinski definition) is 0. The van der Waals surface area contributed by atoms with Crippen LogP contribution in [0.2, 0.25) is 0 Å². The van der Waals surface area contributed by atoms with E-state index in [0.29, 0.717) is 0 Å². The third-order valence-corrected chi connectivity index (χ3v) is 5.02. The molecule has 5 rings (SSSR count). The maximum Gasteiger partial charge on any atom is 0.235 e. The van der Waals surface area contributed by atoms with Gasteiger partial charge in [-0.05, 0) is 5.56 Å². The molecule has 0 aromatic heterocycles. The highest BCUT2D eigenvalue weighted by Crippen LogP contribution is 2.45. The first-order chi connectivity index (χ1) is 10.6. The number of nitrogens with zero attached hydrogens (tertiary/aromatic N) is 2. The maximum absolute atomic E-state index is 12.7. The Morgan fingerprint density at radius 3 is 2.32 bits per heavy atom. The Balaban J connectivity index is 1.68. The fraction of sp³-hybridized carbons (Fsp3) is 0.353. The molecule has 112 valence electrons. The maximum atomic E-state index is 12.7. The van der Waals surface area contributed by atoms with Crippen LogP contribution in [-0.4, -0.2) is 40.6 Å². The van der Waals surface area contributed by atoms with Gasteiger partial charge in [-0.25, -0.2) is 0 Å². The second-order valence-electron chi connectivity index (χ2n) is 6.15. The molecule has 2 saturated heterocycles. The molecule has 2 bridgehead atoms. The first kappa shape index (κ1) is 13.2. The van der Waals surface area contributed by atoms with E-state index >= 15 is 0 Å². The lowest BCUT2D eigenvalue weighted by atomic mass is 9.70. The highest BCUT2D eigenvalue weighted by molar-refractivity contribution is 6.09. The Hall–Kier alpha value is -2.43. The summed E-state index contributed by atoms with van der Waals surface area (Å²) in [4.78, 5) is 40.6. The van der Waals surface area contributed by atoms with Crippen molar-refractivity contribution >= 4 is 17.7 Å². The minimum atomic E-state index is -0.519. The van der Waals surface area contributed by atoms with E-state index in [1.807, 2.05) is 36.4 Å². The third-order valence-electron chi connectivity index (χ3n) is 5.02. The van der Waals surface area contributed by atoms with E-state index in [0.717, 1.165) is 5.56 Å². The van der Waals surface area contributed by atoms with Crippen LogP contribution in [-0.2, 0) is 20.9 Å². The van der Waals surface area contributed by atoms with Gasteiger partial charge in [0.25, 0.3) is 0 Å². The van der Waals surface area contributed by atoms with Crippen molar-refractivity contribution in [2.45, 2.75) is 12.6 Å². The average molecular weight is 296 g/mol. The van der Waals surface area contributed by atoms with Crippen molar-refractivity contribution < 1.29 is 14.4 Å². The van der Waals surface area contributed by atoms with Gasteiger partial charge in [-0.1, -0.05) is 42.5 Å². The fourth-order valence-corrected chi connectivity index (χ4v) is 3.89. The number of hydrogen-bond acceptors (Lipinski definition) is 3. The van der Waals surface area contributed by atoms with Crippen molar-refractivity contribution in [3.05, 3.63) is 48.0 Å². The Kier molecular flexibility index (Phi) is 2.73. The van der Waals surface area contributed by atoms with Crippen molar-refractivity contribution in [3.8, 4) is 0 Å². The summed E-state index contributed by atoms with van der Waals surface area (Å²) in [5, 5.41) is 0. The van der Waals surface area contributed by atoms with E-state index in [1.54, 1.807) is 18.0 Å². The van der Waals surface area contributed by atoms with Crippen LogP contribution in [0.15, 0.2) is 42.5 Å². The number of imide groups is 1. The smallest absolute Gasteiger partial charge is 0.235 e. The van der Waals surface area contributed by atoms with Gasteiger partial charge in [-0.3, -0.25) is 19.3 Å². The lowest BCUT2D eigenvalue weighted by Gasteiger charge is -2.44. The van der Waals surface area contributed by atoms with Gasteiger partial charge >= 0.3 is 0 Å². The molecular weight excluding hydrogens is 280 g/mol. The van der Waals surface area contributed by atoms with Crippen LogP contribution >= 0.6 is 0 Å². The first-order valence-electron chi connectivity index (χ1n) is 7.44. The van der Waals surface area contributed by atoms with E-state index in [-0.39, 0.29) is 30.3 Å². The van der Waals surface area contributed by atoms with Crippen molar-refractivity contribution in [1.82, 2.24) is 9.80 Å². The Bertz CT molecular complexity index is 697. The fourth-order valence-electron chi connectivity index (χ4n) is 3.89. The van der Waals surface area contributed by atoms with Gasteiger partial charge in [0, 0.05) is 7.05 Å². The van der Waals surface area contributed by atoms with Crippen molar-refractivity contribution in [3.63, 3.8) is 0 Å². The van der Waals surface area contributed by atoms with Gasteiger partial charge in [0.05, 0.1) is 30.3 Å². The van der Waals surface area contributed by atoms with E-state index in [2.05, 4.69) is 0 Å². The largest absolute Gasteiger partial charge is 0.338 e. The SMILES string of the molecule is CN1C(=O)[C@H]2C=C[C@H]1[C@@H]1C(=O)N(Cc3ccccc3)C(=O)[C@@H]12. The zero-order valence-electron chi connectivity index (χ0n) is 12.2. The minimum absolute atomic E-state index is 0.0588. The molecule has 1 aromatic rings. The monoisotopic (exact) mass is 296 g/mol. The number of benzene rings is 1. The summed E-state index contributed by atoms with van der Waals surface area (Å²) in [5.74, 6) is -1.85. The van der Waals surface area contributed by atoms with Crippen molar-refractivity contribution in [2.24, 2.45) is 17.8 Å². The molecule has 5 heteroatoms. The van der Waals surface area contributed by atoms with Crippen molar-refractivity contribution in [2.75, 3.05) is 7.05 Å². The van der Waals surface area contributed by atoms with E-state index in [4.69, 9.17) is 0 Å². The summed E-state index contributed by atoms with van der Waals surface area (Å²) < 4.78 is 0. The standard InChI is InChI=1S/C17H16N2O3/c1-18-12-8-7-11(15(18)20)13-14(12)17(22)19(16(13)21)9-10-5-3-2-4-6-10/h2-8,11-14H,9H2,1H3/t11-,12-,13+,14-/m0/s1. The molecule has 0 N–H and O–H groups in total. The zero-order chi connectivity index (χ0) is 15.4. The molecule has 4 atom stereocenters. The normalized spacial score (nSPS) is 32.9. The van der Waals surface area contributed by atoms with Crippen LogP contribution in [0, 0.1) is 17.8 Å². The summed E-state index contributed by atoms with van der Waals surface area (Å²) in [6, 6.07) is 9.17. The summed E-state index contributed by atoms with van der Waals surface area (Å²) in [6.45, 7) is 0.281. The number of rotatable bonds is 2. The molecule has 4 aliphatic rings. The van der Waals surface area contributed by atoms with E-state index in [9.17, 15) is 14.4 Å². The van der Waals surface area contributed by atoms with Gasteiger partial charge in [0.1, 0.15) is 0 Å². The lowest BCUT2D eigenvalue weighted by molar-refractivity contribution is -0.148. The van der Waals surface area contributed by atoms with Crippen LogP contribution < -0.4 is 0 Å². The molecule has 0 spiro atoms. The highest BCUT2D eigenvalue weighted by Gasteiger charge is 2.60. The summed E-state index contributed by atoms with van der Waals surface area (Å²) >= 11 is 0. The number of fused-ring (bicyclic) bond motifs is 1. The second kappa shape index (κ2) is 4.53. The van der Waals surface area contributed by atoms with Crippen LogP contribution in [0.1, 0.15) is 5.56 Å². The third kappa shape index (κ3) is 1.62. The molecule has 2 fully saturated rings. The molecular formula is C17H16N2O3. The number of likely N-dealkylation sites (tertiary alicyclic amines) is 1. The number of piperidine rings is 1.